The first-order chi connectivity index (χ1) is 10.6. The van der Waals surface area contributed by atoms with Gasteiger partial charge in [-0.05, 0) is 23.8 Å². The second-order valence-electron chi connectivity index (χ2n) is 4.48. The molecule has 0 fully saturated rings. The van der Waals surface area contributed by atoms with Crippen LogP contribution in [0.3, 0.4) is 0 Å². The zero-order valence-corrected chi connectivity index (χ0v) is 12.7. The summed E-state index contributed by atoms with van der Waals surface area (Å²) in [5, 5.41) is 2.81. The number of rotatable bonds is 6. The molecule has 2 aromatic rings. The molecular formula is C17H16N2O2S. The molecule has 0 atom stereocenters. The minimum absolute atomic E-state index is 0.173. The highest BCUT2D eigenvalue weighted by atomic mass is 32.2. The molecule has 0 aliphatic carbocycles. The maximum absolute atomic E-state index is 12.0. The van der Waals surface area contributed by atoms with Crippen molar-refractivity contribution in [2.75, 3.05) is 11.1 Å². The fourth-order valence-electron chi connectivity index (χ4n) is 1.76. The van der Waals surface area contributed by atoms with Gasteiger partial charge in [0.2, 0.25) is 11.8 Å². The molecule has 0 unspecified atom stereocenters. The molecule has 22 heavy (non-hydrogen) atoms. The summed E-state index contributed by atoms with van der Waals surface area (Å²) < 4.78 is 0. The lowest BCUT2D eigenvalue weighted by Crippen LogP contribution is -2.13. The van der Waals surface area contributed by atoms with Gasteiger partial charge >= 0.3 is 0 Å². The molecule has 0 spiro atoms. The summed E-state index contributed by atoms with van der Waals surface area (Å²) in [6.45, 7) is 0. The number of carbonyl (C=O) groups is 2. The van der Waals surface area contributed by atoms with E-state index in [9.17, 15) is 9.59 Å². The Morgan fingerprint density at radius 2 is 1.73 bits per heavy atom. The predicted octanol–water partition coefficient (Wildman–Crippen LogP) is 2.92. The molecule has 2 rings (SSSR count). The van der Waals surface area contributed by atoms with Gasteiger partial charge in [-0.25, -0.2) is 0 Å². The lowest BCUT2D eigenvalue weighted by atomic mass is 10.2. The van der Waals surface area contributed by atoms with Gasteiger partial charge in [-0.1, -0.05) is 42.5 Å². The molecule has 0 bridgehead atoms. The molecule has 3 N–H and O–H groups in total. The molecule has 0 heterocycles. The number of carbonyl (C=O) groups excluding carboxylic acids is 2. The van der Waals surface area contributed by atoms with Gasteiger partial charge in [0.1, 0.15) is 0 Å². The Labute approximate surface area is 133 Å². The maximum atomic E-state index is 12.0. The lowest BCUT2D eigenvalue weighted by molar-refractivity contribution is -0.115. The molecule has 0 radical (unpaired) electrons. The minimum atomic E-state index is -0.393. The van der Waals surface area contributed by atoms with E-state index >= 15 is 0 Å². The van der Waals surface area contributed by atoms with Crippen molar-refractivity contribution >= 4 is 35.3 Å². The Hall–Kier alpha value is -2.53. The topological polar surface area (TPSA) is 72.2 Å². The first-order valence-corrected chi connectivity index (χ1v) is 7.68. The summed E-state index contributed by atoms with van der Waals surface area (Å²) in [5.74, 6) is -0.446. The SMILES string of the molecule is NC(=O)CSc1ccccc1NC(=O)/C=C/c1ccccc1. The van der Waals surface area contributed by atoms with E-state index in [0.717, 1.165) is 10.5 Å². The van der Waals surface area contributed by atoms with Crippen LogP contribution in [0.5, 0.6) is 0 Å². The Kier molecular flexibility index (Phi) is 5.80. The van der Waals surface area contributed by atoms with Gasteiger partial charge in [0.05, 0.1) is 11.4 Å². The monoisotopic (exact) mass is 312 g/mol. The van der Waals surface area contributed by atoms with Gasteiger partial charge < -0.3 is 11.1 Å². The summed E-state index contributed by atoms with van der Waals surface area (Å²) >= 11 is 1.30. The van der Waals surface area contributed by atoms with E-state index in [4.69, 9.17) is 5.73 Å². The van der Waals surface area contributed by atoms with Crippen LogP contribution in [0.15, 0.2) is 65.6 Å². The molecule has 0 aliphatic heterocycles. The highest BCUT2D eigenvalue weighted by molar-refractivity contribution is 8.00. The first-order valence-electron chi connectivity index (χ1n) is 6.69. The fraction of sp³-hybridized carbons (Fsp3) is 0.0588. The normalized spacial score (nSPS) is 10.5. The molecule has 4 nitrogen and oxygen atoms in total. The van der Waals surface area contributed by atoms with Crippen LogP contribution in [0.4, 0.5) is 5.69 Å². The zero-order chi connectivity index (χ0) is 15.8. The van der Waals surface area contributed by atoms with E-state index in [1.807, 2.05) is 48.5 Å². The predicted molar refractivity (Wildman–Crippen MR) is 90.5 cm³/mol. The second kappa shape index (κ2) is 8.05. The quantitative estimate of drug-likeness (QED) is 0.636. The van der Waals surface area contributed by atoms with Crippen molar-refractivity contribution in [2.45, 2.75) is 4.90 Å². The number of hydrogen-bond donors (Lipinski definition) is 2. The third-order valence-corrected chi connectivity index (χ3v) is 3.84. The number of primary amides is 1. The molecule has 5 heteroatoms. The van der Waals surface area contributed by atoms with Crippen LogP contribution in [0.1, 0.15) is 5.56 Å². The highest BCUT2D eigenvalue weighted by Crippen LogP contribution is 2.26. The number of para-hydroxylation sites is 1. The Bertz CT molecular complexity index is 684. The van der Waals surface area contributed by atoms with Crippen molar-refractivity contribution < 1.29 is 9.59 Å². The van der Waals surface area contributed by atoms with Crippen molar-refractivity contribution in [3.8, 4) is 0 Å². The average molecular weight is 312 g/mol. The van der Waals surface area contributed by atoms with Crippen molar-refractivity contribution in [3.63, 3.8) is 0 Å². The van der Waals surface area contributed by atoms with Crippen molar-refractivity contribution in [3.05, 3.63) is 66.2 Å². The number of hydrogen-bond acceptors (Lipinski definition) is 3. The standard InChI is InChI=1S/C17H16N2O2S/c18-16(20)12-22-15-9-5-4-8-14(15)19-17(21)11-10-13-6-2-1-3-7-13/h1-11H,12H2,(H2,18,20)(H,19,21)/b11-10+. The molecule has 0 aliphatic rings. The third-order valence-electron chi connectivity index (χ3n) is 2.74. The van der Waals surface area contributed by atoms with Gasteiger partial charge in [0, 0.05) is 11.0 Å². The minimum Gasteiger partial charge on any atom is -0.369 e. The highest BCUT2D eigenvalue weighted by Gasteiger charge is 2.06. The molecule has 0 saturated carbocycles. The van der Waals surface area contributed by atoms with E-state index in [2.05, 4.69) is 5.32 Å². The van der Waals surface area contributed by atoms with Crippen LogP contribution in [0, 0.1) is 0 Å². The van der Waals surface area contributed by atoms with Gasteiger partial charge in [-0.3, -0.25) is 9.59 Å². The number of nitrogens with two attached hydrogens (primary N) is 1. The van der Waals surface area contributed by atoms with E-state index in [-0.39, 0.29) is 11.7 Å². The van der Waals surface area contributed by atoms with E-state index in [0.29, 0.717) is 5.69 Å². The summed E-state index contributed by atoms with van der Waals surface area (Å²) in [6.07, 6.45) is 3.22. The summed E-state index contributed by atoms with van der Waals surface area (Å²) in [5.41, 5.74) is 6.76. The van der Waals surface area contributed by atoms with E-state index in [1.165, 1.54) is 17.8 Å². The van der Waals surface area contributed by atoms with Gasteiger partial charge in [0.15, 0.2) is 0 Å². The van der Waals surface area contributed by atoms with Crippen LogP contribution < -0.4 is 11.1 Å². The van der Waals surface area contributed by atoms with E-state index < -0.39 is 5.91 Å². The second-order valence-corrected chi connectivity index (χ2v) is 5.50. The number of amides is 2. The fourth-order valence-corrected chi connectivity index (χ4v) is 2.50. The Morgan fingerprint density at radius 3 is 2.45 bits per heavy atom. The van der Waals surface area contributed by atoms with Crippen molar-refractivity contribution in [1.29, 1.82) is 0 Å². The average Bonchev–Trinajstić information content (AvgIpc) is 2.53. The zero-order valence-electron chi connectivity index (χ0n) is 11.9. The van der Waals surface area contributed by atoms with Gasteiger partial charge in [0.25, 0.3) is 0 Å². The number of anilines is 1. The lowest BCUT2D eigenvalue weighted by Gasteiger charge is -2.08. The molecule has 0 saturated heterocycles. The van der Waals surface area contributed by atoms with Crippen LogP contribution in [-0.4, -0.2) is 17.6 Å². The van der Waals surface area contributed by atoms with E-state index in [1.54, 1.807) is 12.1 Å². The van der Waals surface area contributed by atoms with Crippen LogP contribution >= 0.6 is 11.8 Å². The van der Waals surface area contributed by atoms with Gasteiger partial charge in [-0.15, -0.1) is 11.8 Å². The molecule has 0 aromatic heterocycles. The molecular weight excluding hydrogens is 296 g/mol. The largest absolute Gasteiger partial charge is 0.369 e. The smallest absolute Gasteiger partial charge is 0.248 e. The Balaban J connectivity index is 2.02. The Morgan fingerprint density at radius 1 is 1.05 bits per heavy atom. The molecule has 2 amide bonds. The molecule has 112 valence electrons. The van der Waals surface area contributed by atoms with Crippen LogP contribution in [0.25, 0.3) is 6.08 Å². The third kappa shape index (κ3) is 5.10. The van der Waals surface area contributed by atoms with Crippen molar-refractivity contribution in [2.24, 2.45) is 5.73 Å². The van der Waals surface area contributed by atoms with Gasteiger partial charge in [-0.2, -0.15) is 0 Å². The number of thioether (sulfide) groups is 1. The first kappa shape index (κ1) is 15.9. The molecule has 2 aromatic carbocycles. The van der Waals surface area contributed by atoms with Crippen molar-refractivity contribution in [1.82, 2.24) is 0 Å². The maximum Gasteiger partial charge on any atom is 0.248 e. The summed E-state index contributed by atoms with van der Waals surface area (Å²) in [7, 11) is 0. The van der Waals surface area contributed by atoms with Crippen LogP contribution in [-0.2, 0) is 9.59 Å². The summed E-state index contributed by atoms with van der Waals surface area (Å²) in [6, 6.07) is 16.9. The number of benzene rings is 2. The number of nitrogens with one attached hydrogen (secondary N) is 1. The summed E-state index contributed by atoms with van der Waals surface area (Å²) in [4.78, 5) is 23.7. The van der Waals surface area contributed by atoms with Crippen LogP contribution in [0.2, 0.25) is 0 Å².